The van der Waals surface area contributed by atoms with Crippen LogP contribution in [0.4, 0.5) is 29.2 Å². The van der Waals surface area contributed by atoms with E-state index in [9.17, 15) is 4.79 Å². The fourth-order valence-electron chi connectivity index (χ4n) is 3.98. The average Bonchev–Trinajstić information content (AvgIpc) is 2.98. The second-order valence-electron chi connectivity index (χ2n) is 8.80. The van der Waals surface area contributed by atoms with Gasteiger partial charge in [0.2, 0.25) is 17.8 Å². The van der Waals surface area contributed by atoms with Gasteiger partial charge in [-0.25, -0.2) is 4.79 Å². The second kappa shape index (κ2) is 12.7. The molecule has 0 radical (unpaired) electrons. The van der Waals surface area contributed by atoms with Crippen LogP contribution in [0.3, 0.4) is 0 Å². The van der Waals surface area contributed by atoms with Crippen LogP contribution in [0.1, 0.15) is 28.4 Å². The predicted molar refractivity (Wildman–Crippen MR) is 154 cm³/mol. The number of benzene rings is 3. The molecule has 0 bridgehead atoms. The summed E-state index contributed by atoms with van der Waals surface area (Å²) >= 11 is 0. The summed E-state index contributed by atoms with van der Waals surface area (Å²) in [5.74, 6) is 1.01. The zero-order valence-electron chi connectivity index (χ0n) is 21.7. The van der Waals surface area contributed by atoms with Crippen molar-refractivity contribution in [2.45, 2.75) is 6.92 Å². The summed E-state index contributed by atoms with van der Waals surface area (Å²) in [6, 6.07) is 25.2. The molecule has 0 aliphatic carbocycles. The van der Waals surface area contributed by atoms with E-state index in [1.807, 2.05) is 42.5 Å². The number of aromatic nitrogens is 3. The van der Waals surface area contributed by atoms with Gasteiger partial charge in [0.15, 0.2) is 0 Å². The molecule has 4 aromatic rings. The number of carbonyl (C=O) groups is 1. The summed E-state index contributed by atoms with van der Waals surface area (Å²) in [6.45, 7) is 4.73. The average molecular weight is 523 g/mol. The topological polar surface area (TPSA) is 102 Å². The number of morpholine rings is 1. The van der Waals surface area contributed by atoms with Gasteiger partial charge in [0, 0.05) is 24.5 Å². The van der Waals surface area contributed by atoms with E-state index in [-0.39, 0.29) is 5.97 Å². The van der Waals surface area contributed by atoms with Crippen molar-refractivity contribution in [3.05, 3.63) is 95.6 Å². The lowest BCUT2D eigenvalue weighted by Gasteiger charge is -2.27. The molecule has 198 valence electrons. The van der Waals surface area contributed by atoms with Crippen LogP contribution in [0.15, 0.2) is 78.9 Å². The molecule has 1 aliphatic heterocycles. The Kier molecular flexibility index (Phi) is 8.40. The van der Waals surface area contributed by atoms with Crippen LogP contribution < -0.4 is 15.5 Å². The highest BCUT2D eigenvalue weighted by Crippen LogP contribution is 2.22. The van der Waals surface area contributed by atoms with Gasteiger partial charge in [-0.1, -0.05) is 54.6 Å². The Labute approximate surface area is 227 Å². The van der Waals surface area contributed by atoms with Crippen molar-refractivity contribution in [3.8, 4) is 0 Å². The number of hydrogen-bond acceptors (Lipinski definition) is 9. The fourth-order valence-corrected chi connectivity index (χ4v) is 3.98. The van der Waals surface area contributed by atoms with E-state index in [0.717, 1.165) is 22.5 Å². The largest absolute Gasteiger partial charge is 0.462 e. The first kappa shape index (κ1) is 25.9. The SMILES string of the molecule is CCOC(=O)c1ccc(Nc2nc(Nc3ccc(C=Cc4ccccc4)cc3)nc(N3CCOCC3)n2)cc1. The molecule has 39 heavy (non-hydrogen) atoms. The van der Waals surface area contributed by atoms with E-state index in [0.29, 0.717) is 56.3 Å². The number of esters is 1. The van der Waals surface area contributed by atoms with Crippen LogP contribution in [0.5, 0.6) is 0 Å². The smallest absolute Gasteiger partial charge is 0.338 e. The summed E-state index contributed by atoms with van der Waals surface area (Å²) in [5, 5.41) is 6.53. The van der Waals surface area contributed by atoms with Crippen molar-refractivity contribution in [3.63, 3.8) is 0 Å². The summed E-state index contributed by atoms with van der Waals surface area (Å²) in [4.78, 5) is 28.0. The molecule has 0 spiro atoms. The third-order valence-corrected chi connectivity index (χ3v) is 6.00. The van der Waals surface area contributed by atoms with Crippen molar-refractivity contribution in [2.24, 2.45) is 0 Å². The van der Waals surface area contributed by atoms with Crippen molar-refractivity contribution >= 4 is 47.3 Å². The standard InChI is InChI=1S/C30H30N6O3/c1-2-39-27(37)24-12-16-26(17-13-24)32-29-33-28(34-30(35-29)36-18-20-38-21-19-36)31-25-14-10-23(11-15-25)9-8-22-6-4-3-5-7-22/h3-17H,2,18-21H2,1H3,(H2,31,32,33,34,35). The van der Waals surface area contributed by atoms with Crippen LogP contribution in [0.2, 0.25) is 0 Å². The van der Waals surface area contributed by atoms with E-state index in [4.69, 9.17) is 9.47 Å². The molecule has 1 fully saturated rings. The second-order valence-corrected chi connectivity index (χ2v) is 8.80. The molecule has 1 aliphatic rings. The Morgan fingerprint density at radius 3 is 1.97 bits per heavy atom. The third-order valence-electron chi connectivity index (χ3n) is 6.00. The molecule has 0 saturated carbocycles. The lowest BCUT2D eigenvalue weighted by Crippen LogP contribution is -2.37. The quantitative estimate of drug-likeness (QED) is 0.217. The van der Waals surface area contributed by atoms with Gasteiger partial charge < -0.3 is 25.0 Å². The van der Waals surface area contributed by atoms with Gasteiger partial charge in [0.1, 0.15) is 0 Å². The van der Waals surface area contributed by atoms with Gasteiger partial charge in [-0.3, -0.25) is 0 Å². The minimum absolute atomic E-state index is 0.330. The highest BCUT2D eigenvalue weighted by molar-refractivity contribution is 5.89. The van der Waals surface area contributed by atoms with Gasteiger partial charge in [-0.15, -0.1) is 0 Å². The highest BCUT2D eigenvalue weighted by Gasteiger charge is 2.17. The number of nitrogens with one attached hydrogen (secondary N) is 2. The monoisotopic (exact) mass is 522 g/mol. The van der Waals surface area contributed by atoms with Crippen molar-refractivity contribution in [1.82, 2.24) is 15.0 Å². The fraction of sp³-hybridized carbons (Fsp3) is 0.200. The molecule has 0 amide bonds. The molecule has 0 atom stereocenters. The highest BCUT2D eigenvalue weighted by atomic mass is 16.5. The lowest BCUT2D eigenvalue weighted by molar-refractivity contribution is 0.0526. The van der Waals surface area contributed by atoms with Gasteiger partial charge in [-0.05, 0) is 54.4 Å². The van der Waals surface area contributed by atoms with Gasteiger partial charge >= 0.3 is 5.97 Å². The molecule has 1 aromatic heterocycles. The summed E-state index contributed by atoms with van der Waals surface area (Å²) in [6.07, 6.45) is 4.16. The van der Waals surface area contributed by atoms with Gasteiger partial charge in [-0.2, -0.15) is 15.0 Å². The van der Waals surface area contributed by atoms with Crippen LogP contribution in [-0.2, 0) is 9.47 Å². The summed E-state index contributed by atoms with van der Waals surface area (Å²) in [5.41, 5.74) is 4.31. The van der Waals surface area contributed by atoms with Crippen LogP contribution in [0.25, 0.3) is 12.2 Å². The minimum atomic E-state index is -0.355. The predicted octanol–water partition coefficient (Wildman–Crippen LogP) is 5.54. The first-order valence-corrected chi connectivity index (χ1v) is 12.9. The van der Waals surface area contributed by atoms with Crippen molar-refractivity contribution in [2.75, 3.05) is 48.4 Å². The molecular formula is C30H30N6O3. The Morgan fingerprint density at radius 1 is 0.821 bits per heavy atom. The Bertz CT molecular complexity index is 1400. The third kappa shape index (κ3) is 7.18. The van der Waals surface area contributed by atoms with Crippen LogP contribution in [-0.4, -0.2) is 53.8 Å². The number of carbonyl (C=O) groups excluding carboxylic acids is 1. The molecule has 3 aromatic carbocycles. The Hall–Kier alpha value is -4.76. The number of hydrogen-bond donors (Lipinski definition) is 2. The van der Waals surface area contributed by atoms with Crippen molar-refractivity contribution in [1.29, 1.82) is 0 Å². The zero-order valence-corrected chi connectivity index (χ0v) is 21.7. The van der Waals surface area contributed by atoms with Crippen LogP contribution in [0, 0.1) is 0 Å². The number of anilines is 5. The minimum Gasteiger partial charge on any atom is -0.462 e. The van der Waals surface area contributed by atoms with E-state index in [1.54, 1.807) is 31.2 Å². The van der Waals surface area contributed by atoms with Crippen LogP contribution >= 0.6 is 0 Å². The van der Waals surface area contributed by atoms with Gasteiger partial charge in [0.05, 0.1) is 25.4 Å². The first-order valence-electron chi connectivity index (χ1n) is 12.9. The maximum Gasteiger partial charge on any atom is 0.338 e. The number of ether oxygens (including phenoxy) is 2. The molecule has 5 rings (SSSR count). The molecular weight excluding hydrogens is 492 g/mol. The molecule has 0 unspecified atom stereocenters. The molecule has 9 heteroatoms. The molecule has 9 nitrogen and oxygen atoms in total. The Balaban J connectivity index is 1.34. The maximum absolute atomic E-state index is 12.0. The zero-order chi connectivity index (χ0) is 26.9. The lowest BCUT2D eigenvalue weighted by atomic mass is 10.1. The van der Waals surface area contributed by atoms with E-state index >= 15 is 0 Å². The number of nitrogens with zero attached hydrogens (tertiary/aromatic N) is 4. The molecule has 2 heterocycles. The van der Waals surface area contributed by atoms with E-state index < -0.39 is 0 Å². The first-order chi connectivity index (χ1) is 19.2. The normalized spacial score (nSPS) is 13.3. The summed E-state index contributed by atoms with van der Waals surface area (Å²) < 4.78 is 10.6. The van der Waals surface area contributed by atoms with E-state index in [1.165, 1.54) is 0 Å². The van der Waals surface area contributed by atoms with Crippen molar-refractivity contribution < 1.29 is 14.3 Å². The van der Waals surface area contributed by atoms with E-state index in [2.05, 4.69) is 54.8 Å². The Morgan fingerprint density at radius 2 is 1.38 bits per heavy atom. The van der Waals surface area contributed by atoms with Gasteiger partial charge in [0.25, 0.3) is 0 Å². The maximum atomic E-state index is 12.0. The summed E-state index contributed by atoms with van der Waals surface area (Å²) in [7, 11) is 0. The molecule has 1 saturated heterocycles. The number of rotatable bonds is 9. The molecule has 2 N–H and O–H groups in total.